The molecule has 1 saturated carbocycles. The van der Waals surface area contributed by atoms with Gasteiger partial charge in [-0.2, -0.15) is 0 Å². The molecule has 8 heteroatoms. The van der Waals surface area contributed by atoms with Crippen LogP contribution >= 0.6 is 0 Å². The fourth-order valence-corrected chi connectivity index (χ4v) is 7.09. The molecular formula is C30H60O6Si2. The van der Waals surface area contributed by atoms with Crippen LogP contribution in [0, 0.1) is 11.8 Å². The highest BCUT2D eigenvalue weighted by Gasteiger charge is 2.49. The molecule has 7 atom stereocenters. The minimum absolute atomic E-state index is 0.00969. The van der Waals surface area contributed by atoms with Gasteiger partial charge in [-0.3, -0.25) is 4.79 Å². The molecule has 2 fully saturated rings. The lowest BCUT2D eigenvalue weighted by Gasteiger charge is -2.48. The third-order valence-corrected chi connectivity index (χ3v) is 18.1. The third-order valence-electron chi connectivity index (χ3n) is 9.09. The Balaban J connectivity index is 2.05. The van der Waals surface area contributed by atoms with Crippen LogP contribution < -0.4 is 0 Å². The van der Waals surface area contributed by atoms with Gasteiger partial charge in [-0.1, -0.05) is 41.5 Å². The summed E-state index contributed by atoms with van der Waals surface area (Å²) < 4.78 is 32.4. The Labute approximate surface area is 236 Å². The molecule has 224 valence electrons. The summed E-state index contributed by atoms with van der Waals surface area (Å²) in [5.74, 6) is 0.371. The summed E-state index contributed by atoms with van der Waals surface area (Å²) >= 11 is 0. The minimum Gasteiger partial charge on any atom is -0.460 e. The zero-order valence-corrected chi connectivity index (χ0v) is 29.3. The molecule has 0 aromatic rings. The number of hydrogen-bond acceptors (Lipinski definition) is 6. The molecule has 0 bridgehead atoms. The molecular weight excluding hydrogens is 512 g/mol. The number of esters is 1. The first-order valence-corrected chi connectivity index (χ1v) is 20.6. The zero-order valence-electron chi connectivity index (χ0n) is 27.3. The van der Waals surface area contributed by atoms with Crippen molar-refractivity contribution in [3.05, 3.63) is 0 Å². The molecule has 2 aliphatic rings. The average Bonchev–Trinajstić information content (AvgIpc) is 3.46. The van der Waals surface area contributed by atoms with Crippen molar-refractivity contribution >= 4 is 22.6 Å². The van der Waals surface area contributed by atoms with Gasteiger partial charge in [0.15, 0.2) is 22.9 Å². The Morgan fingerprint density at radius 3 is 1.84 bits per heavy atom. The maximum atomic E-state index is 12.4. The monoisotopic (exact) mass is 572 g/mol. The summed E-state index contributed by atoms with van der Waals surface area (Å²) in [7, 11) is -4.02. The van der Waals surface area contributed by atoms with E-state index in [0.29, 0.717) is 5.92 Å². The van der Waals surface area contributed by atoms with Gasteiger partial charge in [0.1, 0.15) is 5.60 Å². The van der Waals surface area contributed by atoms with Gasteiger partial charge in [0, 0.05) is 6.42 Å². The van der Waals surface area contributed by atoms with Gasteiger partial charge in [-0.15, -0.1) is 0 Å². The third kappa shape index (κ3) is 9.40. The largest absolute Gasteiger partial charge is 0.460 e. The molecule has 1 heterocycles. The standard InChI is InChI=1S/C30H60O6Si2/c1-20(16-17-22-18-23(22)26(31)34-28(3,4)5)32-27-25(36-38(14,15)30(9,10)11)19-24(21(2)33-27)35-37(12,13)29(6,7)8/h20-25,27H,16-19H2,1-15H3/t20?,21-,22?,23?,24+,25+,27+/m0/s1. The van der Waals surface area contributed by atoms with Crippen LogP contribution in [0.15, 0.2) is 0 Å². The van der Waals surface area contributed by atoms with Gasteiger partial charge in [0.05, 0.1) is 30.3 Å². The zero-order chi connectivity index (χ0) is 29.5. The fraction of sp³-hybridized carbons (Fsp3) is 0.967. The predicted molar refractivity (Wildman–Crippen MR) is 160 cm³/mol. The van der Waals surface area contributed by atoms with E-state index in [2.05, 4.69) is 81.6 Å². The summed E-state index contributed by atoms with van der Waals surface area (Å²) in [6.07, 6.45) is 2.88. The van der Waals surface area contributed by atoms with Crippen molar-refractivity contribution in [1.29, 1.82) is 0 Å². The molecule has 0 amide bonds. The van der Waals surface area contributed by atoms with Crippen molar-refractivity contribution in [2.75, 3.05) is 0 Å². The summed E-state index contributed by atoms with van der Waals surface area (Å²) in [4.78, 5) is 12.4. The molecule has 1 saturated heterocycles. The van der Waals surface area contributed by atoms with Crippen molar-refractivity contribution in [2.24, 2.45) is 11.8 Å². The fourth-order valence-electron chi connectivity index (χ4n) is 4.37. The minimum atomic E-state index is -2.06. The van der Waals surface area contributed by atoms with Crippen LogP contribution in [0.3, 0.4) is 0 Å². The Morgan fingerprint density at radius 2 is 1.37 bits per heavy atom. The molecule has 1 aliphatic heterocycles. The van der Waals surface area contributed by atoms with Gasteiger partial charge in [0.25, 0.3) is 0 Å². The van der Waals surface area contributed by atoms with Gasteiger partial charge in [-0.05, 0) is 96.1 Å². The molecule has 6 nitrogen and oxygen atoms in total. The van der Waals surface area contributed by atoms with Crippen LogP contribution in [0.4, 0.5) is 0 Å². The van der Waals surface area contributed by atoms with E-state index < -0.39 is 28.5 Å². The van der Waals surface area contributed by atoms with Gasteiger partial charge in [-0.25, -0.2) is 0 Å². The van der Waals surface area contributed by atoms with E-state index in [4.69, 9.17) is 23.1 Å². The lowest BCUT2D eigenvalue weighted by atomic mass is 10.0. The van der Waals surface area contributed by atoms with E-state index >= 15 is 0 Å². The summed E-state index contributed by atoms with van der Waals surface area (Å²) in [5.41, 5.74) is -0.430. The van der Waals surface area contributed by atoms with Crippen molar-refractivity contribution in [2.45, 2.75) is 174 Å². The molecule has 0 aromatic carbocycles. The highest BCUT2D eigenvalue weighted by Crippen LogP contribution is 2.45. The Kier molecular flexibility index (Phi) is 10.7. The van der Waals surface area contributed by atoms with Crippen LogP contribution in [0.5, 0.6) is 0 Å². The number of ether oxygens (including phenoxy) is 3. The van der Waals surface area contributed by atoms with E-state index in [1.807, 2.05) is 20.8 Å². The summed E-state index contributed by atoms with van der Waals surface area (Å²) in [5, 5.41) is 0.217. The van der Waals surface area contributed by atoms with Crippen LogP contribution in [-0.2, 0) is 27.9 Å². The van der Waals surface area contributed by atoms with E-state index in [9.17, 15) is 4.79 Å². The van der Waals surface area contributed by atoms with Gasteiger partial charge >= 0.3 is 5.97 Å². The molecule has 0 N–H and O–H groups in total. The second-order valence-corrected chi connectivity index (χ2v) is 25.5. The van der Waals surface area contributed by atoms with Crippen molar-refractivity contribution in [3.63, 3.8) is 0 Å². The number of carbonyl (C=O) groups excluding carboxylic acids is 1. The normalized spacial score (nSPS) is 30.2. The van der Waals surface area contributed by atoms with Crippen LogP contribution in [0.2, 0.25) is 36.3 Å². The van der Waals surface area contributed by atoms with Gasteiger partial charge in [0.2, 0.25) is 0 Å². The van der Waals surface area contributed by atoms with E-state index in [1.54, 1.807) is 0 Å². The predicted octanol–water partition coefficient (Wildman–Crippen LogP) is 8.07. The first-order chi connectivity index (χ1) is 16.9. The van der Waals surface area contributed by atoms with E-state index in [-0.39, 0.29) is 46.4 Å². The van der Waals surface area contributed by atoms with Crippen LogP contribution in [-0.4, -0.2) is 58.9 Å². The Bertz CT molecular complexity index is 792. The summed E-state index contributed by atoms with van der Waals surface area (Å²) in [6.45, 7) is 32.8. The lowest BCUT2D eigenvalue weighted by molar-refractivity contribution is -0.268. The van der Waals surface area contributed by atoms with E-state index in [0.717, 1.165) is 25.7 Å². The molecule has 38 heavy (non-hydrogen) atoms. The smallest absolute Gasteiger partial charge is 0.309 e. The maximum absolute atomic E-state index is 12.4. The second kappa shape index (κ2) is 11.9. The number of carbonyl (C=O) groups is 1. The molecule has 1 aliphatic carbocycles. The van der Waals surface area contributed by atoms with Crippen molar-refractivity contribution < 1.29 is 27.9 Å². The maximum Gasteiger partial charge on any atom is 0.309 e. The average molecular weight is 573 g/mol. The highest BCUT2D eigenvalue weighted by atomic mass is 28.4. The first kappa shape index (κ1) is 33.9. The van der Waals surface area contributed by atoms with Crippen LogP contribution in [0.1, 0.15) is 102 Å². The summed E-state index contributed by atoms with van der Waals surface area (Å²) in [6, 6.07) is 0. The van der Waals surface area contributed by atoms with Crippen LogP contribution in [0.25, 0.3) is 0 Å². The van der Waals surface area contributed by atoms with Gasteiger partial charge < -0.3 is 23.1 Å². The topological polar surface area (TPSA) is 63.2 Å². The first-order valence-electron chi connectivity index (χ1n) is 14.8. The van der Waals surface area contributed by atoms with E-state index in [1.165, 1.54) is 0 Å². The quantitative estimate of drug-likeness (QED) is 0.195. The number of rotatable bonds is 10. The van der Waals surface area contributed by atoms with Crippen molar-refractivity contribution in [3.8, 4) is 0 Å². The molecule has 2 rings (SSSR count). The molecule has 0 aromatic heterocycles. The highest BCUT2D eigenvalue weighted by molar-refractivity contribution is 6.74. The second-order valence-electron chi connectivity index (χ2n) is 15.9. The molecule has 0 spiro atoms. The molecule has 3 unspecified atom stereocenters. The SMILES string of the molecule is CC(CCC1CC1C(=O)OC(C)(C)C)O[C@@H]1O[C@@H](C)[C@H](O[Si](C)(C)C(C)(C)C)C[C@H]1O[Si](C)(C)C(C)(C)C. The van der Waals surface area contributed by atoms with Crippen molar-refractivity contribution in [1.82, 2.24) is 0 Å². The number of hydrogen-bond donors (Lipinski definition) is 0. The Morgan fingerprint density at radius 1 is 0.868 bits per heavy atom. The molecule has 0 radical (unpaired) electrons. The Hall–Kier alpha value is -0.256. The lowest BCUT2D eigenvalue weighted by Crippen LogP contribution is -2.57.